The lowest BCUT2D eigenvalue weighted by molar-refractivity contribution is -0.169. The highest BCUT2D eigenvalue weighted by Gasteiger charge is 2.50. The normalized spacial score (nSPS) is 25.8. The molecule has 10 nitrogen and oxygen atoms in total. The number of nitrogens with one attached hydrogen (secondary N) is 1. The molecule has 5 atom stereocenters. The summed E-state index contributed by atoms with van der Waals surface area (Å²) < 4.78 is 23.7. The number of esters is 1. The lowest BCUT2D eigenvalue weighted by Crippen LogP contribution is -2.44. The number of H-pyrrole nitrogens is 1. The third-order valence-electron chi connectivity index (χ3n) is 4.67. The number of carbonyl (C=O) groups excluding carboxylic acids is 1. The van der Waals surface area contributed by atoms with Gasteiger partial charge >= 0.3 is 11.7 Å². The smallest absolute Gasteiger partial charge is 0.330 e. The maximum absolute atomic E-state index is 12.5. The Morgan fingerprint density at radius 2 is 2.00 bits per heavy atom. The van der Waals surface area contributed by atoms with E-state index in [-0.39, 0.29) is 12.7 Å². The van der Waals surface area contributed by atoms with E-state index in [0.29, 0.717) is 5.56 Å². The van der Waals surface area contributed by atoms with Crippen molar-refractivity contribution in [1.82, 2.24) is 9.55 Å². The van der Waals surface area contributed by atoms with Crippen molar-refractivity contribution in [1.29, 1.82) is 0 Å². The summed E-state index contributed by atoms with van der Waals surface area (Å²) in [5.74, 6) is -0.497. The minimum absolute atomic E-state index is 0.139. The van der Waals surface area contributed by atoms with Gasteiger partial charge in [-0.1, -0.05) is 0 Å². The third kappa shape index (κ3) is 5.33. The maximum atomic E-state index is 12.5. The van der Waals surface area contributed by atoms with Crippen LogP contribution in [0.25, 0.3) is 0 Å². The molecule has 0 saturated carbocycles. The summed E-state index contributed by atoms with van der Waals surface area (Å²) in [6, 6.07) is 0. The highest BCUT2D eigenvalue weighted by molar-refractivity contribution is 5.75. The summed E-state index contributed by atoms with van der Waals surface area (Å²) in [5, 5.41) is 9.78. The van der Waals surface area contributed by atoms with E-state index >= 15 is 0 Å². The number of hydrogen-bond donors (Lipinski definition) is 2. The molecule has 0 amide bonds. The molecule has 29 heavy (non-hydrogen) atoms. The molecule has 2 heterocycles. The van der Waals surface area contributed by atoms with Gasteiger partial charge in [0, 0.05) is 18.9 Å². The van der Waals surface area contributed by atoms with Crippen molar-refractivity contribution in [2.45, 2.75) is 65.3 Å². The van der Waals surface area contributed by atoms with Crippen LogP contribution < -0.4 is 11.2 Å². The molecule has 0 bridgehead atoms. The summed E-state index contributed by atoms with van der Waals surface area (Å²) in [7, 11) is 1.53. The van der Waals surface area contributed by atoms with E-state index in [1.165, 1.54) is 17.9 Å². The number of hydrogen-bond acceptors (Lipinski definition) is 8. The lowest BCUT2D eigenvalue weighted by atomic mass is 9.97. The van der Waals surface area contributed by atoms with E-state index in [0.717, 1.165) is 0 Å². The highest BCUT2D eigenvalue weighted by Crippen LogP contribution is 2.34. The Morgan fingerprint density at radius 1 is 1.34 bits per heavy atom. The summed E-state index contributed by atoms with van der Waals surface area (Å²) in [6.45, 7) is 8.14. The van der Waals surface area contributed by atoms with Crippen molar-refractivity contribution in [2.24, 2.45) is 5.41 Å². The molecule has 1 aromatic heterocycles. The van der Waals surface area contributed by atoms with Gasteiger partial charge in [0.2, 0.25) is 0 Å². The van der Waals surface area contributed by atoms with Crippen LogP contribution in [0.2, 0.25) is 0 Å². The van der Waals surface area contributed by atoms with E-state index in [1.54, 1.807) is 34.6 Å². The Balaban J connectivity index is 2.43. The van der Waals surface area contributed by atoms with Crippen LogP contribution >= 0.6 is 0 Å². The van der Waals surface area contributed by atoms with Crippen molar-refractivity contribution in [3.8, 4) is 0 Å². The predicted octanol–water partition coefficient (Wildman–Crippen LogP) is 0.113. The molecule has 1 unspecified atom stereocenters. The van der Waals surface area contributed by atoms with Crippen LogP contribution in [0.15, 0.2) is 15.8 Å². The standard InChI is InChI=1S/C19H30N2O8/c1-10-7-21(18(25)20-15(10)23)16-14(27-9-11(2)26-6)13(12(8-22)28-16)29-17(24)19(3,4)5/h7,11-14,16,22H,8-9H2,1-6H3,(H,20,23,25)/t11-,12+,13-,14?,16+/m0/s1. The summed E-state index contributed by atoms with van der Waals surface area (Å²) in [4.78, 5) is 38.8. The maximum Gasteiger partial charge on any atom is 0.330 e. The zero-order valence-corrected chi connectivity index (χ0v) is 17.6. The van der Waals surface area contributed by atoms with Gasteiger partial charge in [0.25, 0.3) is 5.56 Å². The fourth-order valence-electron chi connectivity index (χ4n) is 2.79. The van der Waals surface area contributed by atoms with Gasteiger partial charge in [0.15, 0.2) is 12.3 Å². The van der Waals surface area contributed by atoms with Gasteiger partial charge in [-0.25, -0.2) is 4.79 Å². The molecule has 2 N–H and O–H groups in total. The van der Waals surface area contributed by atoms with Crippen LogP contribution in [0, 0.1) is 12.3 Å². The van der Waals surface area contributed by atoms with Gasteiger partial charge < -0.3 is 24.1 Å². The molecule has 1 aliphatic heterocycles. The second-order valence-electron chi connectivity index (χ2n) is 8.19. The summed E-state index contributed by atoms with van der Waals surface area (Å²) in [5.41, 5.74) is -1.69. The van der Waals surface area contributed by atoms with E-state index in [1.807, 2.05) is 0 Å². The first kappa shape index (κ1) is 23.3. The largest absolute Gasteiger partial charge is 0.456 e. The topological polar surface area (TPSA) is 129 Å². The second kappa shape index (κ2) is 9.21. The molecule has 1 aliphatic rings. The molecule has 1 saturated heterocycles. The highest BCUT2D eigenvalue weighted by atomic mass is 16.6. The van der Waals surface area contributed by atoms with Crippen molar-refractivity contribution in [3.63, 3.8) is 0 Å². The number of aryl methyl sites for hydroxylation is 1. The monoisotopic (exact) mass is 414 g/mol. The van der Waals surface area contributed by atoms with Gasteiger partial charge in [-0.3, -0.25) is 19.1 Å². The van der Waals surface area contributed by atoms with E-state index in [4.69, 9.17) is 18.9 Å². The zero-order valence-electron chi connectivity index (χ0n) is 17.6. The molecule has 0 radical (unpaired) electrons. The molecule has 0 aromatic carbocycles. The van der Waals surface area contributed by atoms with E-state index in [2.05, 4.69) is 4.98 Å². The van der Waals surface area contributed by atoms with Crippen LogP contribution in [0.1, 0.15) is 39.5 Å². The summed E-state index contributed by atoms with van der Waals surface area (Å²) >= 11 is 0. The molecule has 1 aromatic rings. The first-order valence-corrected chi connectivity index (χ1v) is 9.43. The predicted molar refractivity (Wildman–Crippen MR) is 103 cm³/mol. The van der Waals surface area contributed by atoms with Gasteiger partial charge in [0.05, 0.1) is 24.7 Å². The van der Waals surface area contributed by atoms with E-state index < -0.39 is 53.8 Å². The number of rotatable bonds is 7. The minimum atomic E-state index is -1.02. The number of aliphatic hydroxyl groups is 1. The van der Waals surface area contributed by atoms with Crippen molar-refractivity contribution >= 4 is 5.97 Å². The van der Waals surface area contributed by atoms with Crippen molar-refractivity contribution in [3.05, 3.63) is 32.6 Å². The van der Waals surface area contributed by atoms with Gasteiger partial charge in [0.1, 0.15) is 12.2 Å². The third-order valence-corrected chi connectivity index (χ3v) is 4.67. The Bertz CT molecular complexity index is 825. The van der Waals surface area contributed by atoms with Gasteiger partial charge in [-0.05, 0) is 34.6 Å². The first-order chi connectivity index (χ1) is 13.5. The minimum Gasteiger partial charge on any atom is -0.456 e. The average molecular weight is 414 g/mol. The van der Waals surface area contributed by atoms with Crippen LogP contribution in [0.3, 0.4) is 0 Å². The van der Waals surface area contributed by atoms with Crippen LogP contribution in [0.4, 0.5) is 0 Å². The molecule has 10 heteroatoms. The van der Waals surface area contributed by atoms with Crippen molar-refractivity contribution in [2.75, 3.05) is 20.3 Å². The molecule has 164 valence electrons. The summed E-state index contributed by atoms with van der Waals surface area (Å²) in [6.07, 6.45) is -2.70. The number of ether oxygens (including phenoxy) is 4. The second-order valence-corrected chi connectivity index (χ2v) is 8.19. The fraction of sp³-hybridized carbons (Fsp3) is 0.737. The Labute approximate surface area is 168 Å². The SMILES string of the molecule is CO[C@@H](C)COC1[C@@H](OC(=O)C(C)(C)C)[C@@H](CO)O[C@H]1n1cc(C)c(=O)[nH]c1=O. The number of methoxy groups -OCH3 is 1. The Kier molecular flexibility index (Phi) is 7.39. The average Bonchev–Trinajstić information content (AvgIpc) is 2.99. The lowest BCUT2D eigenvalue weighted by Gasteiger charge is -2.28. The fourth-order valence-corrected chi connectivity index (χ4v) is 2.79. The van der Waals surface area contributed by atoms with Crippen LogP contribution in [-0.4, -0.2) is 65.4 Å². The van der Waals surface area contributed by atoms with Gasteiger partial charge in [-0.2, -0.15) is 0 Å². The Morgan fingerprint density at radius 3 is 2.55 bits per heavy atom. The number of aromatic nitrogens is 2. The molecular weight excluding hydrogens is 384 g/mol. The number of carbonyl (C=O) groups is 1. The van der Waals surface area contributed by atoms with Crippen LogP contribution in [0.5, 0.6) is 0 Å². The molecule has 1 fully saturated rings. The van der Waals surface area contributed by atoms with Gasteiger partial charge in [-0.15, -0.1) is 0 Å². The Hall–Kier alpha value is -2.01. The molecular formula is C19H30N2O8. The number of aliphatic hydroxyl groups excluding tert-OH is 1. The molecule has 2 rings (SSSR count). The quantitative estimate of drug-likeness (QED) is 0.602. The molecule has 0 aliphatic carbocycles. The first-order valence-electron chi connectivity index (χ1n) is 9.43. The molecule has 0 spiro atoms. The number of aromatic amines is 1. The van der Waals surface area contributed by atoms with E-state index in [9.17, 15) is 19.5 Å². The zero-order chi connectivity index (χ0) is 21.9. The number of nitrogens with zero attached hydrogens (tertiary/aromatic N) is 1. The van der Waals surface area contributed by atoms with Crippen LogP contribution in [-0.2, 0) is 23.7 Å². The van der Waals surface area contributed by atoms with Crippen molar-refractivity contribution < 1.29 is 28.8 Å².